The van der Waals surface area contributed by atoms with E-state index in [9.17, 15) is 17.2 Å². The summed E-state index contributed by atoms with van der Waals surface area (Å²) in [4.78, 5) is 4.21. The highest BCUT2D eigenvalue weighted by Gasteiger charge is 2.27. The lowest BCUT2D eigenvalue weighted by Crippen LogP contribution is -2.29. The van der Waals surface area contributed by atoms with Crippen molar-refractivity contribution in [3.8, 4) is 0 Å². The summed E-state index contributed by atoms with van der Waals surface area (Å²) in [6.45, 7) is 5.64. The van der Waals surface area contributed by atoms with E-state index in [1.54, 1.807) is 13.0 Å². The number of nitrogens with zero attached hydrogens (tertiary/aromatic N) is 3. The molecule has 6 nitrogen and oxygen atoms in total. The zero-order chi connectivity index (χ0) is 19.8. The average molecular weight is 394 g/mol. The number of hydrogen-bond acceptors (Lipinski definition) is 4. The number of nitrogens with one attached hydrogen (secondary N) is 1. The SMILES string of the molecule is CCCS(=O)(=O)N(c1cnc2n[nH]c(C(C)C)c2c1)c1ccc(F)cc1F. The Morgan fingerprint density at radius 3 is 2.59 bits per heavy atom. The molecule has 0 unspecified atom stereocenters. The van der Waals surface area contributed by atoms with Crippen molar-refractivity contribution in [2.24, 2.45) is 0 Å². The van der Waals surface area contributed by atoms with Crippen molar-refractivity contribution >= 4 is 32.4 Å². The number of sulfonamides is 1. The fourth-order valence-corrected chi connectivity index (χ4v) is 4.47. The lowest BCUT2D eigenvalue weighted by Gasteiger charge is -2.24. The molecule has 2 aromatic heterocycles. The van der Waals surface area contributed by atoms with Crippen molar-refractivity contribution in [1.82, 2.24) is 15.2 Å². The van der Waals surface area contributed by atoms with Crippen LogP contribution in [0, 0.1) is 11.6 Å². The van der Waals surface area contributed by atoms with Gasteiger partial charge >= 0.3 is 0 Å². The van der Waals surface area contributed by atoms with Gasteiger partial charge in [-0.05, 0) is 30.5 Å². The third kappa shape index (κ3) is 3.64. The largest absolute Gasteiger partial charge is 0.279 e. The van der Waals surface area contributed by atoms with Gasteiger partial charge in [-0.2, -0.15) is 5.10 Å². The first-order valence-corrected chi connectivity index (χ1v) is 10.2. The Morgan fingerprint density at radius 2 is 1.96 bits per heavy atom. The normalized spacial score (nSPS) is 12.1. The van der Waals surface area contributed by atoms with Crippen LogP contribution in [0.4, 0.5) is 20.2 Å². The molecule has 1 N–H and O–H groups in total. The number of rotatable bonds is 6. The molecule has 0 spiro atoms. The van der Waals surface area contributed by atoms with Gasteiger partial charge in [0.25, 0.3) is 0 Å². The third-order valence-electron chi connectivity index (χ3n) is 4.11. The number of halogens is 2. The molecule has 9 heteroatoms. The van der Waals surface area contributed by atoms with Crippen molar-refractivity contribution in [3.63, 3.8) is 0 Å². The molecule has 3 aromatic rings. The average Bonchev–Trinajstić information content (AvgIpc) is 3.00. The van der Waals surface area contributed by atoms with Gasteiger partial charge in [0, 0.05) is 17.1 Å². The molecule has 144 valence electrons. The molecule has 0 aliphatic carbocycles. The van der Waals surface area contributed by atoms with Gasteiger partial charge in [0.1, 0.15) is 5.82 Å². The Hall–Kier alpha value is -2.55. The Labute approximate surface area is 156 Å². The number of H-pyrrole nitrogens is 1. The molecule has 0 saturated carbocycles. The number of benzene rings is 1. The molecule has 3 rings (SSSR count). The zero-order valence-electron chi connectivity index (χ0n) is 15.2. The summed E-state index contributed by atoms with van der Waals surface area (Å²) in [5, 5.41) is 7.67. The van der Waals surface area contributed by atoms with Crippen molar-refractivity contribution in [1.29, 1.82) is 0 Å². The fourth-order valence-electron chi connectivity index (χ4n) is 2.90. The van der Waals surface area contributed by atoms with Gasteiger partial charge in [-0.25, -0.2) is 26.5 Å². The summed E-state index contributed by atoms with van der Waals surface area (Å²) in [6, 6.07) is 4.40. The van der Waals surface area contributed by atoms with Crippen LogP contribution >= 0.6 is 0 Å². The second kappa shape index (κ2) is 7.22. The van der Waals surface area contributed by atoms with E-state index in [1.807, 2.05) is 13.8 Å². The summed E-state index contributed by atoms with van der Waals surface area (Å²) in [5.74, 6) is -1.83. The molecule has 0 aliphatic heterocycles. The number of aromatic nitrogens is 3. The molecule has 0 saturated heterocycles. The molecular formula is C18H20F2N4O2S. The van der Waals surface area contributed by atoms with E-state index >= 15 is 0 Å². The van der Waals surface area contributed by atoms with Gasteiger partial charge in [0.15, 0.2) is 11.5 Å². The molecule has 2 heterocycles. The molecular weight excluding hydrogens is 374 g/mol. The first-order valence-electron chi connectivity index (χ1n) is 8.56. The highest BCUT2D eigenvalue weighted by molar-refractivity contribution is 7.93. The van der Waals surface area contributed by atoms with Crippen LogP contribution in [0.5, 0.6) is 0 Å². The summed E-state index contributed by atoms with van der Waals surface area (Å²) >= 11 is 0. The number of anilines is 2. The molecule has 0 atom stereocenters. The maximum atomic E-state index is 14.4. The molecule has 0 bridgehead atoms. The first-order chi connectivity index (χ1) is 12.7. The van der Waals surface area contributed by atoms with E-state index in [1.165, 1.54) is 6.20 Å². The van der Waals surface area contributed by atoms with Crippen LogP contribution in [0.1, 0.15) is 38.8 Å². The highest BCUT2D eigenvalue weighted by atomic mass is 32.2. The van der Waals surface area contributed by atoms with Crippen molar-refractivity contribution in [3.05, 3.63) is 47.8 Å². The summed E-state index contributed by atoms with van der Waals surface area (Å²) in [6.07, 6.45) is 1.67. The lowest BCUT2D eigenvalue weighted by atomic mass is 10.1. The predicted octanol–water partition coefficient (Wildman–Crippen LogP) is 4.24. The van der Waals surface area contributed by atoms with Gasteiger partial charge in [-0.15, -0.1) is 0 Å². The van der Waals surface area contributed by atoms with E-state index in [0.29, 0.717) is 23.5 Å². The van der Waals surface area contributed by atoms with Gasteiger partial charge in [0.05, 0.1) is 23.3 Å². The number of hydrogen-bond donors (Lipinski definition) is 1. The molecule has 27 heavy (non-hydrogen) atoms. The van der Waals surface area contributed by atoms with Crippen LogP contribution < -0.4 is 4.31 Å². The summed E-state index contributed by atoms with van der Waals surface area (Å²) in [7, 11) is -3.90. The molecule has 0 aliphatic rings. The quantitative estimate of drug-likeness (QED) is 0.678. The van der Waals surface area contributed by atoms with E-state index in [0.717, 1.165) is 22.1 Å². The predicted molar refractivity (Wildman–Crippen MR) is 101 cm³/mol. The minimum atomic E-state index is -3.90. The summed E-state index contributed by atoms with van der Waals surface area (Å²) < 4.78 is 54.4. The molecule has 0 amide bonds. The van der Waals surface area contributed by atoms with Gasteiger partial charge in [0.2, 0.25) is 10.0 Å². The number of aromatic amines is 1. The maximum Gasteiger partial charge on any atom is 0.239 e. The number of fused-ring (bicyclic) bond motifs is 1. The van der Waals surface area contributed by atoms with E-state index < -0.39 is 21.7 Å². The van der Waals surface area contributed by atoms with Crippen LogP contribution in [-0.4, -0.2) is 29.4 Å². The van der Waals surface area contributed by atoms with Crippen LogP contribution in [0.2, 0.25) is 0 Å². The second-order valence-electron chi connectivity index (χ2n) is 6.53. The maximum absolute atomic E-state index is 14.4. The number of pyridine rings is 1. The Bertz CT molecular complexity index is 1080. The van der Waals surface area contributed by atoms with Crippen molar-refractivity contribution in [2.45, 2.75) is 33.1 Å². The van der Waals surface area contributed by atoms with Crippen LogP contribution in [0.15, 0.2) is 30.5 Å². The standard InChI is InChI=1S/C18H20F2N4O2S/c1-4-7-27(25,26)24(16-6-5-12(19)8-15(16)20)13-9-14-17(11(2)3)22-23-18(14)21-10-13/h5-6,8-11H,4,7H2,1-3H3,(H,21,22,23). The zero-order valence-corrected chi connectivity index (χ0v) is 16.0. The molecule has 1 aromatic carbocycles. The smallest absolute Gasteiger partial charge is 0.239 e. The van der Waals surface area contributed by atoms with E-state index in [4.69, 9.17) is 0 Å². The molecule has 0 fully saturated rings. The topological polar surface area (TPSA) is 79.0 Å². The summed E-state index contributed by atoms with van der Waals surface area (Å²) in [5.41, 5.74) is 1.16. The van der Waals surface area contributed by atoms with Crippen LogP contribution in [0.3, 0.4) is 0 Å². The molecule has 0 radical (unpaired) electrons. The highest BCUT2D eigenvalue weighted by Crippen LogP contribution is 2.34. The van der Waals surface area contributed by atoms with Crippen molar-refractivity contribution in [2.75, 3.05) is 10.1 Å². The second-order valence-corrected chi connectivity index (χ2v) is 8.47. The van der Waals surface area contributed by atoms with Crippen molar-refractivity contribution < 1.29 is 17.2 Å². The fraction of sp³-hybridized carbons (Fsp3) is 0.333. The van der Waals surface area contributed by atoms with E-state index in [2.05, 4.69) is 15.2 Å². The monoisotopic (exact) mass is 394 g/mol. The third-order valence-corrected chi connectivity index (χ3v) is 5.99. The lowest BCUT2D eigenvalue weighted by molar-refractivity contribution is 0.578. The Balaban J connectivity index is 2.24. The van der Waals surface area contributed by atoms with E-state index in [-0.39, 0.29) is 23.0 Å². The van der Waals surface area contributed by atoms with Crippen LogP contribution in [-0.2, 0) is 10.0 Å². The van der Waals surface area contributed by atoms with Gasteiger partial charge < -0.3 is 0 Å². The first kappa shape index (κ1) is 19.2. The minimum Gasteiger partial charge on any atom is -0.279 e. The minimum absolute atomic E-state index is 0.107. The Kier molecular flexibility index (Phi) is 5.14. The Morgan fingerprint density at radius 1 is 1.22 bits per heavy atom. The van der Waals surface area contributed by atoms with Gasteiger partial charge in [-0.3, -0.25) is 5.10 Å². The van der Waals surface area contributed by atoms with Gasteiger partial charge in [-0.1, -0.05) is 20.8 Å². The van der Waals surface area contributed by atoms with Crippen LogP contribution in [0.25, 0.3) is 11.0 Å².